The summed E-state index contributed by atoms with van der Waals surface area (Å²) in [5, 5.41) is 4.00. The van der Waals surface area contributed by atoms with Crippen molar-refractivity contribution in [1.82, 2.24) is 10.3 Å². The van der Waals surface area contributed by atoms with Crippen molar-refractivity contribution in [2.45, 2.75) is 39.2 Å². The molecule has 1 atom stereocenters. The van der Waals surface area contributed by atoms with Gasteiger partial charge in [-0.25, -0.2) is 4.98 Å². The van der Waals surface area contributed by atoms with Crippen LogP contribution in [0.3, 0.4) is 0 Å². The maximum atomic E-state index is 12.5. The van der Waals surface area contributed by atoms with Gasteiger partial charge in [-0.15, -0.1) is 11.3 Å². The van der Waals surface area contributed by atoms with Crippen LogP contribution in [0.4, 0.5) is 5.69 Å². The lowest BCUT2D eigenvalue weighted by atomic mass is 10.0. The van der Waals surface area contributed by atoms with E-state index in [-0.39, 0.29) is 11.9 Å². The van der Waals surface area contributed by atoms with Gasteiger partial charge in [0.05, 0.1) is 5.69 Å². The van der Waals surface area contributed by atoms with E-state index in [0.717, 1.165) is 40.7 Å². The first kappa shape index (κ1) is 14.1. The Bertz CT molecular complexity index is 733. The van der Waals surface area contributed by atoms with E-state index in [2.05, 4.69) is 22.5 Å². The highest BCUT2D eigenvalue weighted by Crippen LogP contribution is 2.35. The molecule has 21 heavy (non-hydrogen) atoms. The summed E-state index contributed by atoms with van der Waals surface area (Å²) in [7, 11) is 0. The molecule has 0 radical (unpaired) electrons. The van der Waals surface area contributed by atoms with Gasteiger partial charge < -0.3 is 11.1 Å². The second-order valence-corrected chi connectivity index (χ2v) is 6.56. The molecule has 2 aromatic heterocycles. The van der Waals surface area contributed by atoms with Crippen molar-refractivity contribution < 1.29 is 4.79 Å². The number of allylic oxidation sites excluding steroid dienone is 1. The number of aromatic nitrogens is 1. The van der Waals surface area contributed by atoms with Crippen LogP contribution in [0.1, 0.15) is 40.2 Å². The largest absolute Gasteiger partial charge is 0.397 e. The van der Waals surface area contributed by atoms with Gasteiger partial charge in [0.1, 0.15) is 9.71 Å². The van der Waals surface area contributed by atoms with Gasteiger partial charge in [-0.05, 0) is 44.7 Å². The fourth-order valence-corrected chi connectivity index (χ4v) is 3.93. The third kappa shape index (κ3) is 2.65. The number of hydrogen-bond donors (Lipinski definition) is 2. The molecule has 0 saturated carbocycles. The summed E-state index contributed by atoms with van der Waals surface area (Å²) in [6.45, 7) is 3.96. The van der Waals surface area contributed by atoms with Crippen LogP contribution >= 0.6 is 11.3 Å². The predicted octanol–water partition coefficient (Wildman–Crippen LogP) is 3.33. The van der Waals surface area contributed by atoms with Crippen LogP contribution < -0.4 is 11.1 Å². The Balaban J connectivity index is 1.93. The van der Waals surface area contributed by atoms with Crippen molar-refractivity contribution in [3.05, 3.63) is 34.4 Å². The van der Waals surface area contributed by atoms with Gasteiger partial charge in [-0.3, -0.25) is 4.79 Å². The molecule has 3 rings (SSSR count). The van der Waals surface area contributed by atoms with Crippen molar-refractivity contribution in [2.75, 3.05) is 5.73 Å². The fraction of sp³-hybridized carbons (Fsp3) is 0.375. The van der Waals surface area contributed by atoms with Crippen LogP contribution in [0.5, 0.6) is 0 Å². The van der Waals surface area contributed by atoms with Crippen LogP contribution in [0, 0.1) is 13.8 Å². The number of pyridine rings is 1. The number of aryl methyl sites for hydroxylation is 2. The molecule has 1 aliphatic rings. The summed E-state index contributed by atoms with van der Waals surface area (Å²) in [5.74, 6) is -0.0761. The normalized spacial score (nSPS) is 18.1. The van der Waals surface area contributed by atoms with Crippen molar-refractivity contribution in [3.8, 4) is 0 Å². The Morgan fingerprint density at radius 2 is 2.24 bits per heavy atom. The predicted molar refractivity (Wildman–Crippen MR) is 87.8 cm³/mol. The molecule has 0 bridgehead atoms. The van der Waals surface area contributed by atoms with Crippen LogP contribution in [0.15, 0.2) is 18.2 Å². The number of carbonyl (C=O) groups is 1. The lowest BCUT2D eigenvalue weighted by Crippen LogP contribution is -2.35. The number of nitrogens with zero attached hydrogens (tertiary/aromatic N) is 1. The lowest BCUT2D eigenvalue weighted by Gasteiger charge is -2.18. The number of amides is 1. The lowest BCUT2D eigenvalue weighted by molar-refractivity contribution is 0.0939. The first-order chi connectivity index (χ1) is 10.1. The van der Waals surface area contributed by atoms with Crippen molar-refractivity contribution in [1.29, 1.82) is 0 Å². The Morgan fingerprint density at radius 1 is 1.43 bits per heavy atom. The van der Waals surface area contributed by atoms with Gasteiger partial charge in [0, 0.05) is 17.1 Å². The molecule has 5 heteroatoms. The van der Waals surface area contributed by atoms with E-state index in [0.29, 0.717) is 10.6 Å². The molecule has 1 aliphatic carbocycles. The van der Waals surface area contributed by atoms with Gasteiger partial charge in [-0.2, -0.15) is 0 Å². The van der Waals surface area contributed by atoms with Crippen LogP contribution in [-0.2, 0) is 0 Å². The zero-order valence-corrected chi connectivity index (χ0v) is 13.1. The second kappa shape index (κ2) is 5.48. The molecule has 110 valence electrons. The number of thiophene rings is 1. The minimum Gasteiger partial charge on any atom is -0.397 e. The van der Waals surface area contributed by atoms with Gasteiger partial charge in [-0.1, -0.05) is 12.2 Å². The number of hydrogen-bond acceptors (Lipinski definition) is 4. The number of anilines is 1. The highest BCUT2D eigenvalue weighted by atomic mass is 32.1. The van der Waals surface area contributed by atoms with E-state index >= 15 is 0 Å². The molecular formula is C16H19N3OS. The van der Waals surface area contributed by atoms with E-state index < -0.39 is 0 Å². The van der Waals surface area contributed by atoms with Crippen molar-refractivity contribution >= 4 is 33.1 Å². The molecule has 0 fully saturated rings. The fourth-order valence-electron chi connectivity index (χ4n) is 2.81. The molecule has 3 N–H and O–H groups in total. The van der Waals surface area contributed by atoms with E-state index in [9.17, 15) is 4.79 Å². The highest BCUT2D eigenvalue weighted by molar-refractivity contribution is 7.21. The number of rotatable bonds is 2. The van der Waals surface area contributed by atoms with Gasteiger partial charge in [0.2, 0.25) is 0 Å². The zero-order chi connectivity index (χ0) is 15.0. The Kier molecular flexibility index (Phi) is 3.68. The Hall–Kier alpha value is -1.88. The van der Waals surface area contributed by atoms with E-state index in [1.54, 1.807) is 0 Å². The third-order valence-corrected chi connectivity index (χ3v) is 4.93. The molecule has 2 aromatic rings. The number of fused-ring (bicyclic) bond motifs is 1. The summed E-state index contributed by atoms with van der Waals surface area (Å²) in [5.41, 5.74) is 8.78. The first-order valence-electron chi connectivity index (χ1n) is 7.18. The standard InChI is InChI=1S/C16H19N3OS/c1-9-8-10(2)18-16-12(9)13(17)14(21-16)15(20)19-11-6-4-3-5-7-11/h3-4,8,11H,5-7,17H2,1-2H3,(H,19,20). The zero-order valence-electron chi connectivity index (χ0n) is 12.3. The number of carbonyl (C=O) groups excluding carboxylic acids is 1. The number of nitrogens with one attached hydrogen (secondary N) is 1. The Labute approximate surface area is 128 Å². The summed E-state index contributed by atoms with van der Waals surface area (Å²) >= 11 is 1.38. The second-order valence-electron chi connectivity index (χ2n) is 5.56. The maximum Gasteiger partial charge on any atom is 0.263 e. The number of nitrogen functional groups attached to an aromatic ring is 1. The smallest absolute Gasteiger partial charge is 0.263 e. The molecule has 0 aromatic carbocycles. The summed E-state index contributed by atoms with van der Waals surface area (Å²) in [4.78, 5) is 18.4. The van der Waals surface area contributed by atoms with Gasteiger partial charge >= 0.3 is 0 Å². The third-order valence-electron chi connectivity index (χ3n) is 3.83. The molecule has 4 nitrogen and oxygen atoms in total. The SMILES string of the molecule is Cc1cc(C)c2c(N)c(C(=O)NC3CC=CCC3)sc2n1. The molecule has 0 spiro atoms. The molecule has 2 heterocycles. The topological polar surface area (TPSA) is 68.0 Å². The molecule has 0 saturated heterocycles. The van der Waals surface area contributed by atoms with Crippen LogP contribution in [0.25, 0.3) is 10.2 Å². The highest BCUT2D eigenvalue weighted by Gasteiger charge is 2.21. The van der Waals surface area contributed by atoms with Crippen LogP contribution in [0.2, 0.25) is 0 Å². The minimum absolute atomic E-state index is 0.0761. The number of nitrogens with two attached hydrogens (primary N) is 1. The molecular weight excluding hydrogens is 282 g/mol. The first-order valence-corrected chi connectivity index (χ1v) is 8.00. The van der Waals surface area contributed by atoms with Gasteiger partial charge in [0.25, 0.3) is 5.91 Å². The molecule has 1 amide bonds. The van der Waals surface area contributed by atoms with E-state index in [4.69, 9.17) is 5.73 Å². The minimum atomic E-state index is -0.0761. The van der Waals surface area contributed by atoms with E-state index in [1.165, 1.54) is 11.3 Å². The van der Waals surface area contributed by atoms with Crippen molar-refractivity contribution in [2.24, 2.45) is 0 Å². The average Bonchev–Trinajstić information content (AvgIpc) is 2.77. The average molecular weight is 301 g/mol. The monoisotopic (exact) mass is 301 g/mol. The summed E-state index contributed by atoms with van der Waals surface area (Å²) in [6, 6.07) is 2.21. The van der Waals surface area contributed by atoms with Crippen molar-refractivity contribution in [3.63, 3.8) is 0 Å². The molecule has 0 aliphatic heterocycles. The van der Waals surface area contributed by atoms with Gasteiger partial charge in [0.15, 0.2) is 0 Å². The Morgan fingerprint density at radius 3 is 2.95 bits per heavy atom. The van der Waals surface area contributed by atoms with E-state index in [1.807, 2.05) is 19.9 Å². The summed E-state index contributed by atoms with van der Waals surface area (Å²) < 4.78 is 0. The summed E-state index contributed by atoms with van der Waals surface area (Å²) in [6.07, 6.45) is 7.19. The quantitative estimate of drug-likeness (QED) is 0.836. The molecule has 1 unspecified atom stereocenters. The van der Waals surface area contributed by atoms with Crippen LogP contribution in [-0.4, -0.2) is 16.9 Å². The maximum absolute atomic E-state index is 12.5.